The van der Waals surface area contributed by atoms with Gasteiger partial charge in [-0.15, -0.1) is 0 Å². The lowest BCUT2D eigenvalue weighted by Crippen LogP contribution is -2.61. The van der Waals surface area contributed by atoms with E-state index >= 15 is 0 Å². The number of rotatable bonds is 2. The molecule has 4 bridgehead atoms. The maximum atomic E-state index is 11.7. The standard InChI is InChI=1S/C14H19N3O2/c1-9-15-8-17(16-9)14-5-10-2-11(6-14)4-13(3-10,7-14)12(18)19/h8,10-11H,2-7H2,1H3,(H,18,19)/p-1/t10-,11+,13?,14?. The van der Waals surface area contributed by atoms with Crippen LogP contribution in [0.1, 0.15) is 44.3 Å². The molecule has 0 N–H and O–H groups in total. The first-order chi connectivity index (χ1) is 9.01. The average Bonchev–Trinajstić information content (AvgIpc) is 2.74. The number of carbonyl (C=O) groups excluding carboxylic acids is 1. The Bertz CT molecular complexity index is 537. The smallest absolute Gasteiger partial charge is 0.147 e. The largest absolute Gasteiger partial charge is 0.550 e. The van der Waals surface area contributed by atoms with Crippen molar-refractivity contribution in [2.45, 2.75) is 51.0 Å². The van der Waals surface area contributed by atoms with Gasteiger partial charge >= 0.3 is 0 Å². The minimum Gasteiger partial charge on any atom is -0.550 e. The van der Waals surface area contributed by atoms with Crippen molar-refractivity contribution in [3.8, 4) is 0 Å². The van der Waals surface area contributed by atoms with Crippen LogP contribution in [-0.4, -0.2) is 20.7 Å². The molecule has 0 aromatic carbocycles. The van der Waals surface area contributed by atoms with Crippen LogP contribution in [-0.2, 0) is 10.3 Å². The fourth-order valence-corrected chi connectivity index (χ4v) is 5.30. The van der Waals surface area contributed by atoms with Gasteiger partial charge in [0.15, 0.2) is 0 Å². The number of aromatic nitrogens is 3. The Labute approximate surface area is 112 Å². The Hall–Kier alpha value is -1.39. The first-order valence-electron chi connectivity index (χ1n) is 7.12. The lowest BCUT2D eigenvalue weighted by Gasteiger charge is -2.62. The molecule has 1 aromatic heterocycles. The number of nitrogens with zero attached hydrogens (tertiary/aromatic N) is 3. The minimum atomic E-state index is -0.845. The topological polar surface area (TPSA) is 70.8 Å². The van der Waals surface area contributed by atoms with Gasteiger partial charge in [-0.1, -0.05) is 0 Å². The summed E-state index contributed by atoms with van der Waals surface area (Å²) in [5.41, 5.74) is -0.727. The van der Waals surface area contributed by atoms with Crippen LogP contribution in [0.25, 0.3) is 0 Å². The predicted molar refractivity (Wildman–Crippen MR) is 64.9 cm³/mol. The first kappa shape index (κ1) is 11.4. The number of aryl methyl sites for hydroxylation is 1. The summed E-state index contributed by atoms with van der Waals surface area (Å²) in [6.45, 7) is 1.88. The Morgan fingerprint density at radius 2 is 2.05 bits per heavy atom. The van der Waals surface area contributed by atoms with Crippen LogP contribution in [0.5, 0.6) is 0 Å². The first-order valence-corrected chi connectivity index (χ1v) is 7.12. The molecule has 5 rings (SSSR count). The number of carboxylic acids is 1. The van der Waals surface area contributed by atoms with Crippen molar-refractivity contribution in [3.63, 3.8) is 0 Å². The second-order valence-corrected chi connectivity index (χ2v) is 6.99. The van der Waals surface area contributed by atoms with Gasteiger partial charge in [0, 0.05) is 11.4 Å². The minimum absolute atomic E-state index is 0.120. The van der Waals surface area contributed by atoms with E-state index in [1.165, 1.54) is 6.42 Å². The van der Waals surface area contributed by atoms with Gasteiger partial charge in [0.05, 0.1) is 5.54 Å². The SMILES string of the molecule is Cc1ncn(C23C[C@@H]4C[C@@H](CC(C(=O)[O-])(C4)C2)C3)n1. The molecule has 5 heteroatoms. The molecule has 2 unspecified atom stereocenters. The highest BCUT2D eigenvalue weighted by molar-refractivity contribution is 5.73. The monoisotopic (exact) mass is 260 g/mol. The highest BCUT2D eigenvalue weighted by Gasteiger charge is 2.59. The summed E-state index contributed by atoms with van der Waals surface area (Å²) >= 11 is 0. The average molecular weight is 260 g/mol. The Morgan fingerprint density at radius 1 is 1.37 bits per heavy atom. The van der Waals surface area contributed by atoms with Crippen molar-refractivity contribution in [2.75, 3.05) is 0 Å². The van der Waals surface area contributed by atoms with Crippen molar-refractivity contribution in [3.05, 3.63) is 12.2 Å². The molecule has 0 amide bonds. The molecular weight excluding hydrogens is 242 g/mol. The van der Waals surface area contributed by atoms with Crippen LogP contribution in [0, 0.1) is 24.2 Å². The van der Waals surface area contributed by atoms with Crippen LogP contribution in [0.2, 0.25) is 0 Å². The molecule has 0 saturated heterocycles. The number of hydrogen-bond acceptors (Lipinski definition) is 4. The van der Waals surface area contributed by atoms with E-state index in [0.29, 0.717) is 18.3 Å². The summed E-state index contributed by atoms with van der Waals surface area (Å²) < 4.78 is 1.96. The fraction of sp³-hybridized carbons (Fsp3) is 0.786. The zero-order valence-corrected chi connectivity index (χ0v) is 11.1. The third-order valence-corrected chi connectivity index (χ3v) is 5.56. The molecule has 0 aliphatic heterocycles. The van der Waals surface area contributed by atoms with E-state index in [1.807, 2.05) is 11.6 Å². The molecule has 0 spiro atoms. The summed E-state index contributed by atoms with van der Waals surface area (Å²) in [4.78, 5) is 15.9. The Balaban J connectivity index is 1.80. The van der Waals surface area contributed by atoms with Crippen LogP contribution in [0.15, 0.2) is 6.33 Å². The lowest BCUT2D eigenvalue weighted by molar-refractivity contribution is -0.329. The zero-order valence-electron chi connectivity index (χ0n) is 11.1. The maximum absolute atomic E-state index is 11.7. The van der Waals surface area contributed by atoms with Crippen LogP contribution >= 0.6 is 0 Å². The predicted octanol–water partition coefficient (Wildman–Crippen LogP) is 0.632. The number of carbonyl (C=O) groups is 1. The lowest BCUT2D eigenvalue weighted by atomic mass is 9.47. The third-order valence-electron chi connectivity index (χ3n) is 5.56. The number of carboxylic acid groups (broad SMARTS) is 1. The third kappa shape index (κ3) is 1.44. The molecular formula is C14H18N3O2-. The molecule has 102 valence electrons. The van der Waals surface area contributed by atoms with Gasteiger partial charge in [0.2, 0.25) is 0 Å². The quantitative estimate of drug-likeness (QED) is 0.782. The van der Waals surface area contributed by atoms with E-state index in [4.69, 9.17) is 0 Å². The van der Waals surface area contributed by atoms with Crippen molar-refractivity contribution < 1.29 is 9.90 Å². The maximum Gasteiger partial charge on any atom is 0.147 e. The second kappa shape index (κ2) is 3.38. The highest BCUT2D eigenvalue weighted by Crippen LogP contribution is 2.63. The zero-order chi connectivity index (χ0) is 13.3. The summed E-state index contributed by atoms with van der Waals surface area (Å²) in [5.74, 6) is 0.952. The van der Waals surface area contributed by atoms with Gasteiger partial charge in [-0.3, -0.25) is 0 Å². The molecule has 0 radical (unpaired) electrons. The molecule has 5 nitrogen and oxygen atoms in total. The summed E-state index contributed by atoms with van der Waals surface area (Å²) in [5, 5.41) is 16.2. The van der Waals surface area contributed by atoms with Gasteiger partial charge in [-0.25, -0.2) is 9.67 Å². The summed E-state index contributed by atoms with van der Waals surface area (Å²) in [6, 6.07) is 0. The van der Waals surface area contributed by atoms with Crippen molar-refractivity contribution in [2.24, 2.45) is 17.3 Å². The van der Waals surface area contributed by atoms with E-state index in [-0.39, 0.29) is 5.54 Å². The van der Waals surface area contributed by atoms with Crippen molar-refractivity contribution in [1.82, 2.24) is 14.8 Å². The van der Waals surface area contributed by atoms with Gasteiger partial charge in [-0.05, 0) is 57.3 Å². The second-order valence-electron chi connectivity index (χ2n) is 6.99. The van der Waals surface area contributed by atoms with E-state index in [0.717, 1.165) is 31.5 Å². The molecule has 4 fully saturated rings. The van der Waals surface area contributed by atoms with Crippen LogP contribution < -0.4 is 5.11 Å². The van der Waals surface area contributed by atoms with Crippen molar-refractivity contribution >= 4 is 5.97 Å². The summed E-state index contributed by atoms with van der Waals surface area (Å²) in [7, 11) is 0. The van der Waals surface area contributed by atoms with E-state index in [2.05, 4.69) is 10.1 Å². The fourth-order valence-electron chi connectivity index (χ4n) is 5.30. The molecule has 4 saturated carbocycles. The number of hydrogen-bond donors (Lipinski definition) is 0. The molecule has 4 aliphatic rings. The van der Waals surface area contributed by atoms with Gasteiger partial charge in [0.25, 0.3) is 0 Å². The van der Waals surface area contributed by atoms with Gasteiger partial charge in [0.1, 0.15) is 12.2 Å². The van der Waals surface area contributed by atoms with Crippen LogP contribution in [0.4, 0.5) is 0 Å². The van der Waals surface area contributed by atoms with E-state index in [9.17, 15) is 9.90 Å². The summed E-state index contributed by atoms with van der Waals surface area (Å²) in [6.07, 6.45) is 7.37. The molecule has 19 heavy (non-hydrogen) atoms. The van der Waals surface area contributed by atoms with E-state index in [1.54, 1.807) is 6.33 Å². The van der Waals surface area contributed by atoms with Crippen LogP contribution in [0.3, 0.4) is 0 Å². The Kier molecular flexibility index (Phi) is 2.03. The Morgan fingerprint density at radius 3 is 2.58 bits per heavy atom. The number of aliphatic carboxylic acids is 1. The van der Waals surface area contributed by atoms with Gasteiger partial charge in [-0.2, -0.15) is 5.10 Å². The molecule has 4 aliphatic carbocycles. The van der Waals surface area contributed by atoms with Gasteiger partial charge < -0.3 is 9.90 Å². The molecule has 1 aromatic rings. The molecule has 4 atom stereocenters. The van der Waals surface area contributed by atoms with E-state index < -0.39 is 11.4 Å². The molecule has 1 heterocycles. The normalized spacial score (nSPS) is 43.6. The highest BCUT2D eigenvalue weighted by atomic mass is 16.4. The van der Waals surface area contributed by atoms with Crippen molar-refractivity contribution in [1.29, 1.82) is 0 Å².